The van der Waals surface area contributed by atoms with Gasteiger partial charge in [-0.3, -0.25) is 5.21 Å². The summed E-state index contributed by atoms with van der Waals surface area (Å²) in [7, 11) is 0. The highest BCUT2D eigenvalue weighted by Crippen LogP contribution is 2.15. The lowest BCUT2D eigenvalue weighted by molar-refractivity contribution is -0.771. The summed E-state index contributed by atoms with van der Waals surface area (Å²) in [5.41, 5.74) is 1.74. The first kappa shape index (κ1) is 18.5. The van der Waals surface area contributed by atoms with E-state index < -0.39 is 0 Å². The maximum Gasteiger partial charge on any atom is 0.226 e. The molecule has 22 heavy (non-hydrogen) atoms. The third-order valence-electron chi connectivity index (χ3n) is 3.96. The average molecular weight is 306 g/mol. The van der Waals surface area contributed by atoms with E-state index in [4.69, 9.17) is 0 Å². The topological polar surface area (TPSA) is 43.5 Å². The highest BCUT2D eigenvalue weighted by molar-refractivity contribution is 5.79. The standard InChI is InChI=1S/C19H31NO2/c1-3-4-5-6-7-8-9-10-11-14-20(22)16-18-15-17(2)12-13-19(18)21/h12-13,15-16,22H,3-11,14H2,1-2H3/p+1. The summed E-state index contributed by atoms with van der Waals surface area (Å²) in [4.78, 5) is 0. The van der Waals surface area contributed by atoms with Gasteiger partial charge in [0.15, 0.2) is 6.54 Å². The first-order valence-electron chi connectivity index (χ1n) is 8.73. The quantitative estimate of drug-likeness (QED) is 0.197. The second-order valence-corrected chi connectivity index (χ2v) is 6.18. The third kappa shape index (κ3) is 8.06. The molecule has 0 fully saturated rings. The van der Waals surface area contributed by atoms with Gasteiger partial charge in [-0.2, -0.15) is 0 Å². The Morgan fingerprint density at radius 2 is 1.55 bits per heavy atom. The first-order valence-corrected chi connectivity index (χ1v) is 8.73. The van der Waals surface area contributed by atoms with Gasteiger partial charge in [-0.15, -0.1) is 0 Å². The van der Waals surface area contributed by atoms with Crippen LogP contribution in [0.5, 0.6) is 5.75 Å². The van der Waals surface area contributed by atoms with Crippen LogP contribution >= 0.6 is 0 Å². The first-order chi connectivity index (χ1) is 10.6. The molecule has 0 radical (unpaired) electrons. The van der Waals surface area contributed by atoms with Gasteiger partial charge in [0, 0.05) is 6.42 Å². The molecule has 0 atom stereocenters. The zero-order chi connectivity index (χ0) is 16.2. The molecule has 0 amide bonds. The minimum atomic E-state index is 0.205. The number of aryl methyl sites for hydroxylation is 1. The van der Waals surface area contributed by atoms with Crippen LogP contribution in [0.1, 0.15) is 75.8 Å². The molecule has 0 heterocycles. The van der Waals surface area contributed by atoms with E-state index in [2.05, 4.69) is 6.92 Å². The maximum atomic E-state index is 9.88. The largest absolute Gasteiger partial charge is 0.507 e. The number of aromatic hydroxyl groups is 1. The minimum absolute atomic E-state index is 0.205. The van der Waals surface area contributed by atoms with Gasteiger partial charge in [-0.25, -0.2) is 0 Å². The van der Waals surface area contributed by atoms with E-state index in [9.17, 15) is 10.3 Å². The van der Waals surface area contributed by atoms with Gasteiger partial charge in [0.1, 0.15) is 5.75 Å². The number of nitrogens with zero attached hydrogens (tertiary/aromatic N) is 1. The fraction of sp³-hybridized carbons (Fsp3) is 0.632. The van der Waals surface area contributed by atoms with Gasteiger partial charge in [0.25, 0.3) is 0 Å². The molecule has 1 aromatic rings. The summed E-state index contributed by atoms with van der Waals surface area (Å²) >= 11 is 0. The smallest absolute Gasteiger partial charge is 0.226 e. The summed E-state index contributed by atoms with van der Waals surface area (Å²) in [6, 6.07) is 5.39. The van der Waals surface area contributed by atoms with Gasteiger partial charge in [0.05, 0.1) is 5.56 Å². The molecule has 0 aliphatic heterocycles. The van der Waals surface area contributed by atoms with Crippen molar-refractivity contribution in [3.05, 3.63) is 29.3 Å². The molecule has 0 aliphatic carbocycles. The normalized spacial score (nSPS) is 11.8. The van der Waals surface area contributed by atoms with Crippen molar-refractivity contribution in [1.29, 1.82) is 0 Å². The molecule has 1 rings (SSSR count). The van der Waals surface area contributed by atoms with Crippen molar-refractivity contribution in [3.8, 4) is 5.75 Å². The maximum absolute atomic E-state index is 9.88. The van der Waals surface area contributed by atoms with Crippen LogP contribution in [-0.2, 0) is 0 Å². The van der Waals surface area contributed by atoms with Gasteiger partial charge in [-0.1, -0.05) is 63.5 Å². The predicted molar refractivity (Wildman–Crippen MR) is 92.2 cm³/mol. The van der Waals surface area contributed by atoms with E-state index >= 15 is 0 Å². The van der Waals surface area contributed by atoms with Crippen molar-refractivity contribution in [2.45, 2.75) is 71.6 Å². The summed E-state index contributed by atoms with van der Waals surface area (Å²) in [5, 5.41) is 19.6. The number of hydrogen-bond acceptors (Lipinski definition) is 2. The Morgan fingerprint density at radius 1 is 0.955 bits per heavy atom. The van der Waals surface area contributed by atoms with E-state index in [1.807, 2.05) is 19.1 Å². The number of hydrogen-bond donors (Lipinski definition) is 2. The Balaban J connectivity index is 2.16. The second kappa shape index (κ2) is 11.1. The van der Waals surface area contributed by atoms with Crippen LogP contribution in [-0.4, -0.2) is 27.8 Å². The highest BCUT2D eigenvalue weighted by Gasteiger charge is 2.06. The summed E-state index contributed by atoms with van der Waals surface area (Å²) in [6.07, 6.45) is 13.0. The average Bonchev–Trinajstić information content (AvgIpc) is 2.49. The number of benzene rings is 1. The van der Waals surface area contributed by atoms with E-state index in [0.717, 1.165) is 18.4 Å². The van der Waals surface area contributed by atoms with E-state index in [1.54, 1.807) is 12.3 Å². The number of hydroxylamine groups is 1. The highest BCUT2D eigenvalue weighted by atomic mass is 16.5. The van der Waals surface area contributed by atoms with Crippen molar-refractivity contribution in [1.82, 2.24) is 0 Å². The van der Waals surface area contributed by atoms with Crippen molar-refractivity contribution >= 4 is 6.21 Å². The zero-order valence-corrected chi connectivity index (χ0v) is 14.2. The number of rotatable bonds is 11. The zero-order valence-electron chi connectivity index (χ0n) is 14.2. The van der Waals surface area contributed by atoms with Crippen molar-refractivity contribution in [3.63, 3.8) is 0 Å². The van der Waals surface area contributed by atoms with Crippen LogP contribution in [0, 0.1) is 6.92 Å². The van der Waals surface area contributed by atoms with Gasteiger partial charge >= 0.3 is 0 Å². The summed E-state index contributed by atoms with van der Waals surface area (Å²) in [6.45, 7) is 4.83. The Hall–Kier alpha value is -1.51. The third-order valence-corrected chi connectivity index (χ3v) is 3.96. The van der Waals surface area contributed by atoms with Gasteiger partial charge < -0.3 is 5.11 Å². The van der Waals surface area contributed by atoms with Crippen LogP contribution in [0.25, 0.3) is 0 Å². The lowest BCUT2D eigenvalue weighted by Gasteiger charge is -2.01. The molecule has 2 N–H and O–H groups in total. The molecule has 3 nitrogen and oxygen atoms in total. The Labute approximate surface area is 135 Å². The Bertz CT molecular complexity index is 455. The summed E-state index contributed by atoms with van der Waals surface area (Å²) < 4.78 is 1.19. The van der Waals surface area contributed by atoms with Crippen molar-refractivity contribution < 1.29 is 15.1 Å². The Kier molecular flexibility index (Phi) is 9.36. The lowest BCUT2D eigenvalue weighted by Crippen LogP contribution is -2.10. The molecule has 0 spiro atoms. The van der Waals surface area contributed by atoms with E-state index in [0.29, 0.717) is 12.1 Å². The number of phenolic OH excluding ortho intramolecular Hbond substituents is 1. The van der Waals surface area contributed by atoms with Crippen LogP contribution in [0.4, 0.5) is 0 Å². The molecular formula is C19H32NO2+. The molecule has 1 aromatic carbocycles. The predicted octanol–water partition coefficient (Wildman–Crippen LogP) is 5.05. The molecule has 0 saturated carbocycles. The van der Waals surface area contributed by atoms with Crippen LogP contribution < -0.4 is 0 Å². The fourth-order valence-electron chi connectivity index (χ4n) is 2.59. The summed E-state index contributed by atoms with van der Waals surface area (Å²) in [5.74, 6) is 0.205. The van der Waals surface area contributed by atoms with Crippen molar-refractivity contribution in [2.24, 2.45) is 0 Å². The fourth-order valence-corrected chi connectivity index (χ4v) is 2.59. The Morgan fingerprint density at radius 3 is 2.18 bits per heavy atom. The van der Waals surface area contributed by atoms with E-state index in [-0.39, 0.29) is 5.75 Å². The SMILES string of the molecule is CCCCCCCCCCC[N+](O)=Cc1cc(C)ccc1O. The molecule has 124 valence electrons. The van der Waals surface area contributed by atoms with Gasteiger partial charge in [0.2, 0.25) is 6.21 Å². The van der Waals surface area contributed by atoms with Crippen molar-refractivity contribution in [2.75, 3.05) is 6.54 Å². The van der Waals surface area contributed by atoms with Gasteiger partial charge in [-0.05, 0) is 30.2 Å². The monoisotopic (exact) mass is 306 g/mol. The number of phenols is 1. The molecule has 0 saturated heterocycles. The molecular weight excluding hydrogens is 274 g/mol. The molecule has 0 aromatic heterocycles. The minimum Gasteiger partial charge on any atom is -0.507 e. The lowest BCUT2D eigenvalue weighted by atomic mass is 10.1. The van der Waals surface area contributed by atoms with Crippen LogP contribution in [0.15, 0.2) is 18.2 Å². The second-order valence-electron chi connectivity index (χ2n) is 6.18. The molecule has 3 heteroatoms. The molecule has 0 unspecified atom stereocenters. The molecule has 0 aliphatic rings. The van der Waals surface area contributed by atoms with Crippen LogP contribution in [0.3, 0.4) is 0 Å². The molecule has 0 bridgehead atoms. The number of unbranched alkanes of at least 4 members (excludes halogenated alkanes) is 8. The van der Waals surface area contributed by atoms with E-state index in [1.165, 1.54) is 49.7 Å². The van der Waals surface area contributed by atoms with Crippen LogP contribution in [0.2, 0.25) is 0 Å².